The fourth-order valence-corrected chi connectivity index (χ4v) is 2.31. The summed E-state index contributed by atoms with van der Waals surface area (Å²) in [6.45, 7) is 8.02. The van der Waals surface area contributed by atoms with E-state index in [0.717, 1.165) is 13.1 Å². The molecule has 21 heavy (non-hydrogen) atoms. The molecule has 0 aliphatic carbocycles. The summed E-state index contributed by atoms with van der Waals surface area (Å²) >= 11 is 0. The van der Waals surface area contributed by atoms with Gasteiger partial charge >= 0.3 is 0 Å². The predicted molar refractivity (Wildman–Crippen MR) is 84.5 cm³/mol. The van der Waals surface area contributed by atoms with Gasteiger partial charge in [-0.1, -0.05) is 44.2 Å². The summed E-state index contributed by atoms with van der Waals surface area (Å²) in [5.41, 5.74) is 1.23. The topological polar surface area (TPSA) is 54.2 Å². The van der Waals surface area contributed by atoms with Crippen molar-refractivity contribution in [2.45, 2.75) is 32.7 Å². The number of aromatic nitrogens is 2. The maximum atomic E-state index is 5.46. The van der Waals surface area contributed by atoms with Crippen LogP contribution in [0.25, 0.3) is 0 Å². The molecule has 5 nitrogen and oxygen atoms in total. The maximum Gasteiger partial charge on any atom is 0.265 e. The van der Waals surface area contributed by atoms with Crippen molar-refractivity contribution in [1.82, 2.24) is 15.5 Å². The van der Waals surface area contributed by atoms with Crippen LogP contribution in [0.5, 0.6) is 0 Å². The van der Waals surface area contributed by atoms with E-state index in [1.54, 1.807) is 0 Å². The Hall–Kier alpha value is -1.88. The van der Waals surface area contributed by atoms with Gasteiger partial charge in [-0.25, -0.2) is 0 Å². The fraction of sp³-hybridized carbons (Fsp3) is 0.500. The summed E-state index contributed by atoms with van der Waals surface area (Å²) in [6.07, 6.45) is 0. The molecule has 0 fully saturated rings. The first-order valence-corrected chi connectivity index (χ1v) is 7.50. The summed E-state index contributed by atoms with van der Waals surface area (Å²) in [6, 6.07) is 10.5. The van der Waals surface area contributed by atoms with Crippen LogP contribution >= 0.6 is 0 Å². The van der Waals surface area contributed by atoms with Gasteiger partial charge in [0.1, 0.15) is 0 Å². The third-order valence-electron chi connectivity index (χ3n) is 3.72. The van der Waals surface area contributed by atoms with Crippen LogP contribution in [0.1, 0.15) is 44.2 Å². The lowest BCUT2D eigenvalue weighted by atomic mass is 9.94. The van der Waals surface area contributed by atoms with Crippen molar-refractivity contribution in [2.75, 3.05) is 25.0 Å². The molecule has 0 aliphatic heterocycles. The summed E-state index contributed by atoms with van der Waals surface area (Å²) in [4.78, 5) is 6.48. The molecule has 114 valence electrons. The first-order valence-electron chi connectivity index (χ1n) is 7.50. The highest BCUT2D eigenvalue weighted by molar-refractivity contribution is 5.27. The van der Waals surface area contributed by atoms with Crippen LogP contribution in [-0.2, 0) is 0 Å². The second kappa shape index (κ2) is 7.22. The van der Waals surface area contributed by atoms with Crippen LogP contribution in [-0.4, -0.2) is 30.3 Å². The standard InChI is InChI=1S/C16H24N4O/c1-5-17-14(13-10-8-7-9-11-13)12(3)15-18-16(19-21-15)20(4)6-2/h7-12,14,17H,5-6H2,1-4H3. The number of hydrogen-bond donors (Lipinski definition) is 1. The first kappa shape index (κ1) is 15.5. The third-order valence-corrected chi connectivity index (χ3v) is 3.72. The molecule has 2 unspecified atom stereocenters. The fourth-order valence-electron chi connectivity index (χ4n) is 2.31. The highest BCUT2D eigenvalue weighted by atomic mass is 16.5. The average Bonchev–Trinajstić information content (AvgIpc) is 3.02. The van der Waals surface area contributed by atoms with Gasteiger partial charge in [-0.05, 0) is 24.2 Å². The van der Waals surface area contributed by atoms with Crippen LogP contribution in [0.2, 0.25) is 0 Å². The largest absolute Gasteiger partial charge is 0.342 e. The molecule has 1 heterocycles. The molecule has 0 saturated carbocycles. The normalized spacial score (nSPS) is 13.9. The number of likely N-dealkylation sites (N-methyl/N-ethyl adjacent to an activating group) is 1. The average molecular weight is 288 g/mol. The van der Waals surface area contributed by atoms with E-state index < -0.39 is 0 Å². The number of nitrogens with zero attached hydrogens (tertiary/aromatic N) is 3. The van der Waals surface area contributed by atoms with Crippen LogP contribution in [0.15, 0.2) is 34.9 Å². The summed E-state index contributed by atoms with van der Waals surface area (Å²) in [5, 5.41) is 7.56. The van der Waals surface area contributed by atoms with Crippen LogP contribution in [0, 0.1) is 0 Å². The molecular formula is C16H24N4O. The van der Waals surface area contributed by atoms with Gasteiger partial charge in [-0.2, -0.15) is 4.98 Å². The zero-order chi connectivity index (χ0) is 15.2. The molecule has 0 aliphatic rings. The Bertz CT molecular complexity index is 540. The molecule has 1 N–H and O–H groups in total. The lowest BCUT2D eigenvalue weighted by Gasteiger charge is -2.22. The summed E-state index contributed by atoms with van der Waals surface area (Å²) in [5.74, 6) is 1.42. The molecule has 0 radical (unpaired) electrons. The molecule has 2 aromatic rings. The molecule has 0 amide bonds. The number of rotatable bonds is 7. The van der Waals surface area contributed by atoms with Gasteiger partial charge in [0.15, 0.2) is 0 Å². The minimum Gasteiger partial charge on any atom is -0.342 e. The molecule has 2 atom stereocenters. The predicted octanol–water partition coefficient (Wildman–Crippen LogP) is 2.98. The van der Waals surface area contributed by atoms with E-state index in [1.165, 1.54) is 5.56 Å². The monoisotopic (exact) mass is 288 g/mol. The number of anilines is 1. The van der Waals surface area contributed by atoms with Gasteiger partial charge in [0.05, 0.1) is 5.92 Å². The lowest BCUT2D eigenvalue weighted by Crippen LogP contribution is -2.26. The van der Waals surface area contributed by atoms with Gasteiger partial charge in [0.2, 0.25) is 5.89 Å². The molecular weight excluding hydrogens is 264 g/mol. The quantitative estimate of drug-likeness (QED) is 0.849. The van der Waals surface area contributed by atoms with E-state index in [4.69, 9.17) is 4.52 Å². The number of hydrogen-bond acceptors (Lipinski definition) is 5. The van der Waals surface area contributed by atoms with E-state index in [9.17, 15) is 0 Å². The van der Waals surface area contributed by atoms with E-state index in [-0.39, 0.29) is 12.0 Å². The van der Waals surface area contributed by atoms with E-state index in [2.05, 4.69) is 60.5 Å². The van der Waals surface area contributed by atoms with Crippen LogP contribution < -0.4 is 10.2 Å². The Balaban J connectivity index is 2.22. The molecule has 0 spiro atoms. The lowest BCUT2D eigenvalue weighted by molar-refractivity contribution is 0.327. The second-order valence-electron chi connectivity index (χ2n) is 5.18. The minimum atomic E-state index is 0.110. The molecule has 2 rings (SSSR count). The molecule has 1 aromatic heterocycles. The number of nitrogens with one attached hydrogen (secondary N) is 1. The zero-order valence-electron chi connectivity index (χ0n) is 13.2. The van der Waals surface area contributed by atoms with E-state index in [0.29, 0.717) is 11.8 Å². The van der Waals surface area contributed by atoms with Crippen molar-refractivity contribution >= 4 is 5.95 Å². The van der Waals surface area contributed by atoms with E-state index in [1.807, 2.05) is 18.0 Å². The van der Waals surface area contributed by atoms with Crippen molar-refractivity contribution in [3.05, 3.63) is 41.8 Å². The van der Waals surface area contributed by atoms with Gasteiger partial charge in [0.25, 0.3) is 5.95 Å². The van der Waals surface area contributed by atoms with Gasteiger partial charge in [0, 0.05) is 19.6 Å². The second-order valence-corrected chi connectivity index (χ2v) is 5.18. The van der Waals surface area contributed by atoms with Crippen molar-refractivity contribution in [2.24, 2.45) is 0 Å². The Kier molecular flexibility index (Phi) is 5.33. The van der Waals surface area contributed by atoms with Crippen molar-refractivity contribution in [1.29, 1.82) is 0 Å². The molecule has 5 heteroatoms. The third kappa shape index (κ3) is 3.61. The Morgan fingerprint density at radius 3 is 2.57 bits per heavy atom. The van der Waals surface area contributed by atoms with Gasteiger partial charge < -0.3 is 14.7 Å². The van der Waals surface area contributed by atoms with Crippen molar-refractivity contribution < 1.29 is 4.52 Å². The van der Waals surface area contributed by atoms with Gasteiger partial charge in [-0.3, -0.25) is 0 Å². The Labute approximate surface area is 126 Å². The Morgan fingerprint density at radius 1 is 1.24 bits per heavy atom. The highest BCUT2D eigenvalue weighted by Crippen LogP contribution is 2.30. The molecule has 0 bridgehead atoms. The van der Waals surface area contributed by atoms with Crippen molar-refractivity contribution in [3.8, 4) is 0 Å². The summed E-state index contributed by atoms with van der Waals surface area (Å²) in [7, 11) is 1.96. The first-order chi connectivity index (χ1) is 10.2. The smallest absolute Gasteiger partial charge is 0.265 e. The van der Waals surface area contributed by atoms with Gasteiger partial charge in [-0.15, -0.1) is 0 Å². The molecule has 1 aromatic carbocycles. The summed E-state index contributed by atoms with van der Waals surface area (Å²) < 4.78 is 5.46. The number of benzene rings is 1. The maximum absolute atomic E-state index is 5.46. The van der Waals surface area contributed by atoms with Crippen molar-refractivity contribution in [3.63, 3.8) is 0 Å². The SMILES string of the molecule is CCNC(c1ccccc1)C(C)c1nc(N(C)CC)no1. The Morgan fingerprint density at radius 2 is 1.95 bits per heavy atom. The zero-order valence-corrected chi connectivity index (χ0v) is 13.2. The van der Waals surface area contributed by atoms with Crippen LogP contribution in [0.4, 0.5) is 5.95 Å². The van der Waals surface area contributed by atoms with Crippen LogP contribution in [0.3, 0.4) is 0 Å². The highest BCUT2D eigenvalue weighted by Gasteiger charge is 2.25. The molecule has 0 saturated heterocycles. The minimum absolute atomic E-state index is 0.110. The van der Waals surface area contributed by atoms with E-state index >= 15 is 0 Å².